The third kappa shape index (κ3) is 24.5. The van der Waals surface area contributed by atoms with Crippen molar-refractivity contribution in [2.24, 2.45) is 0 Å². The lowest BCUT2D eigenvalue weighted by molar-refractivity contribution is 0.588. The molecule has 0 amide bonds. The number of aryl methyl sites for hydroxylation is 8. The molecule has 0 aliphatic rings. The number of benzene rings is 11. The summed E-state index contributed by atoms with van der Waals surface area (Å²) in [4.78, 5) is 0. The van der Waals surface area contributed by atoms with E-state index in [1.807, 2.05) is 103 Å². The molecule has 0 atom stereocenters. The van der Waals surface area contributed by atoms with Crippen LogP contribution in [0, 0.1) is 164 Å². The van der Waals surface area contributed by atoms with Crippen LogP contribution in [0.2, 0.25) is 19.6 Å². The summed E-state index contributed by atoms with van der Waals surface area (Å²) in [6.45, 7) is 51.0. The molecule has 0 aliphatic carbocycles. The van der Waals surface area contributed by atoms with Crippen LogP contribution in [-0.2, 0) is 21.7 Å². The quantitative estimate of drug-likeness (QED) is 0.105. The van der Waals surface area contributed by atoms with Gasteiger partial charge >= 0.3 is 0 Å². The number of rotatable bonds is 8. The highest BCUT2D eigenvalue weighted by atomic mass is 79.9. The van der Waals surface area contributed by atoms with E-state index in [9.17, 15) is 0 Å². The van der Waals surface area contributed by atoms with Gasteiger partial charge in [-0.1, -0.05) is 356 Å². The van der Waals surface area contributed by atoms with E-state index in [1.165, 1.54) is 66.8 Å². The Morgan fingerprint density at radius 3 is 0.433 bits per heavy atom. The first kappa shape index (κ1) is 93.1. The van der Waals surface area contributed by atoms with Crippen molar-refractivity contribution in [2.75, 3.05) is 0 Å². The maximum atomic E-state index is 3.91. The van der Waals surface area contributed by atoms with Crippen LogP contribution in [-0.4, -0.2) is 8.07 Å². The minimum atomic E-state index is -1.84. The molecule has 0 fully saturated rings. The Morgan fingerprint density at radius 1 is 0.183 bits per heavy atom. The van der Waals surface area contributed by atoms with Gasteiger partial charge in [0, 0.05) is 108 Å². The van der Waals surface area contributed by atoms with Crippen molar-refractivity contribution in [3.05, 3.63) is 397 Å². The van der Waals surface area contributed by atoms with Crippen LogP contribution in [0.4, 0.5) is 0 Å². The molecule has 0 heterocycles. The van der Waals surface area contributed by atoms with Crippen molar-refractivity contribution < 1.29 is 0 Å². The molecule has 11 rings (SSSR count). The van der Waals surface area contributed by atoms with Crippen LogP contribution in [0.5, 0.6) is 0 Å². The van der Waals surface area contributed by atoms with Crippen LogP contribution in [0.1, 0.15) is 267 Å². The third-order valence-electron chi connectivity index (χ3n) is 20.3. The minimum absolute atomic E-state index is 0.0266. The van der Waals surface area contributed by atoms with Crippen LogP contribution in [0.25, 0.3) is 0 Å². The Hall–Kier alpha value is -7.60. The standard InChI is InChI=1S/C111H94Br8Si/c1-67-38-88(108(9,10)11)39-68(2)92(67)63-96-100(112)55-83(56-101(96)113)32-28-77-46-75(47-78(50-77)29-33-84-57-102(114)97(103(115)58-84)64-93-69(3)40-89(41-70(93)4)109(12,13)14)24-26-81-52-82(54-87(53-81)36-37-120(21,22)23)27-25-76-48-79(30-34-85-59-104(116)98(105(117)60-85)65-94-71(5)42-90(43-72(94)6)110(15,16)17)51-80(49-76)31-35-86-61-106(118)99(107(119)62-86)66-95-73(7)44-91(45-74(95)8)111(18,19)20/h38-62H,1-23H3. The van der Waals surface area contributed by atoms with Crippen LogP contribution in [0.15, 0.2) is 187 Å². The summed E-state index contributed by atoms with van der Waals surface area (Å²) in [5, 5.41) is 0. The summed E-state index contributed by atoms with van der Waals surface area (Å²) in [5.41, 5.74) is 36.3. The first-order valence-electron chi connectivity index (χ1n) is 39.7. The summed E-state index contributed by atoms with van der Waals surface area (Å²) < 4.78 is 6.98. The fourth-order valence-electron chi connectivity index (χ4n) is 13.6. The zero-order valence-electron chi connectivity index (χ0n) is 72.5. The molecule has 0 aromatic heterocycles. The first-order chi connectivity index (χ1) is 56.1. The predicted molar refractivity (Wildman–Crippen MR) is 537 cm³/mol. The van der Waals surface area contributed by atoms with E-state index in [0.717, 1.165) is 153 Å². The van der Waals surface area contributed by atoms with Gasteiger partial charge in [0.15, 0.2) is 0 Å². The molecule has 0 N–H and O–H groups in total. The second-order valence-corrected chi connectivity index (χ2v) is 47.7. The minimum Gasteiger partial charge on any atom is -0.127 e. The average Bonchev–Trinajstić information content (AvgIpc) is 0.800. The van der Waals surface area contributed by atoms with E-state index in [0.29, 0.717) is 0 Å². The second-order valence-electron chi connectivity index (χ2n) is 36.1. The van der Waals surface area contributed by atoms with E-state index in [4.69, 9.17) is 0 Å². The average molecular weight is 2100 g/mol. The highest BCUT2D eigenvalue weighted by Gasteiger charge is 2.25. The molecule has 0 saturated heterocycles. The molecule has 9 heteroatoms. The van der Waals surface area contributed by atoms with Gasteiger partial charge in [-0.05, 0) is 291 Å². The Morgan fingerprint density at radius 2 is 0.308 bits per heavy atom. The Labute approximate surface area is 786 Å². The van der Waals surface area contributed by atoms with Gasteiger partial charge in [-0.2, -0.15) is 0 Å². The Kier molecular flexibility index (Phi) is 29.7. The van der Waals surface area contributed by atoms with Gasteiger partial charge in [-0.25, -0.2) is 0 Å². The normalized spacial score (nSPS) is 11.5. The zero-order valence-corrected chi connectivity index (χ0v) is 86.1. The van der Waals surface area contributed by atoms with Gasteiger partial charge in [0.1, 0.15) is 8.07 Å². The summed E-state index contributed by atoms with van der Waals surface area (Å²) >= 11 is 31.3. The maximum absolute atomic E-state index is 3.91. The lowest BCUT2D eigenvalue weighted by Crippen LogP contribution is -2.16. The molecule has 0 saturated carbocycles. The van der Waals surface area contributed by atoms with Gasteiger partial charge in [-0.3, -0.25) is 0 Å². The summed E-state index contributed by atoms with van der Waals surface area (Å²) in [7, 11) is -1.84. The molecular weight excluding hydrogens is 2000 g/mol. The van der Waals surface area contributed by atoms with Gasteiger partial charge in [-0.15, -0.1) is 5.54 Å². The van der Waals surface area contributed by atoms with Crippen LogP contribution in [0.3, 0.4) is 0 Å². The molecule has 0 nitrogen and oxygen atoms in total. The van der Waals surface area contributed by atoms with E-state index in [-0.39, 0.29) is 21.7 Å². The number of hydrogen-bond donors (Lipinski definition) is 0. The third-order valence-corrected chi connectivity index (χ3v) is 26.1. The number of hydrogen-bond acceptors (Lipinski definition) is 0. The summed E-state index contributed by atoms with van der Waals surface area (Å²) in [6, 6.07) is 52.8. The molecule has 120 heavy (non-hydrogen) atoms. The van der Waals surface area contributed by atoms with Gasteiger partial charge < -0.3 is 0 Å². The van der Waals surface area contributed by atoms with Crippen molar-refractivity contribution in [3.8, 4) is 82.5 Å². The molecular formula is C111H94Br8Si. The van der Waals surface area contributed by atoms with E-state index in [2.05, 4.69) is 442 Å². The highest BCUT2D eigenvalue weighted by molar-refractivity contribution is 9.12. The molecule has 11 aromatic carbocycles. The summed E-state index contributed by atoms with van der Waals surface area (Å²) in [6.07, 6.45) is 14.9. The Bertz CT molecular complexity index is 5590. The zero-order chi connectivity index (χ0) is 87.6. The largest absolute Gasteiger partial charge is 0.129 e. The van der Waals surface area contributed by atoms with Crippen molar-refractivity contribution in [3.63, 3.8) is 0 Å². The first-order valence-corrected chi connectivity index (χ1v) is 49.5. The van der Waals surface area contributed by atoms with Gasteiger partial charge in [0.2, 0.25) is 0 Å². The van der Waals surface area contributed by atoms with E-state index >= 15 is 0 Å². The molecule has 11 aromatic rings. The molecule has 0 unspecified atom stereocenters. The molecule has 8 radical (unpaired) electrons. The van der Waals surface area contributed by atoms with Crippen LogP contribution < -0.4 is 0 Å². The van der Waals surface area contributed by atoms with Crippen molar-refractivity contribution in [2.45, 2.75) is 180 Å². The fourth-order valence-corrected chi connectivity index (χ4v) is 19.6. The maximum Gasteiger partial charge on any atom is 0.129 e. The number of halogens is 8. The van der Waals surface area contributed by atoms with Crippen molar-refractivity contribution in [1.29, 1.82) is 0 Å². The molecule has 0 bridgehead atoms. The highest BCUT2D eigenvalue weighted by Crippen LogP contribution is 2.41. The fraction of sp³-hybridized carbons (Fsp3) is 0.243. The molecule has 0 spiro atoms. The lowest BCUT2D eigenvalue weighted by atomic mass is 9.83. The lowest BCUT2D eigenvalue weighted by Gasteiger charge is -2.22. The smallest absolute Gasteiger partial charge is 0.127 e. The topological polar surface area (TPSA) is 0 Å². The van der Waals surface area contributed by atoms with E-state index < -0.39 is 8.07 Å². The SMILES string of the molecule is Cc1cc(C(C)(C)C)cc(C)c1[C]c1c(Br)cc(C#Cc2cc(C#Cc3cc(C#Cc4cc(C#Cc5cc(Br)c([C]c6c(C)cc(C(C)(C)C)cc6C)c(Br)c5)cc(C#Cc5cc(Br)c([C]c6c(C)cc(C(C)(C)C)cc6C)c(Br)c5)c4)cc(C#C[Si](C)(C)C)c3)cc(C#Cc3cc(Br)c([C]c4c(C)cc(C(C)(C)C)cc4C)c(Br)c3)c2)cc1Br. The monoisotopic (exact) mass is 2090 g/mol. The second kappa shape index (κ2) is 38.3. The summed E-state index contributed by atoms with van der Waals surface area (Å²) in [5.74, 6) is 45.6. The predicted octanol–water partition coefficient (Wildman–Crippen LogP) is 31.0. The van der Waals surface area contributed by atoms with Gasteiger partial charge in [0.05, 0.1) is 25.7 Å². The molecule has 0 aliphatic heterocycles. The Balaban J connectivity index is 0.980. The van der Waals surface area contributed by atoms with E-state index in [1.54, 1.807) is 0 Å². The van der Waals surface area contributed by atoms with Gasteiger partial charge in [0.25, 0.3) is 0 Å². The molecule has 598 valence electrons. The van der Waals surface area contributed by atoms with Crippen molar-refractivity contribution in [1.82, 2.24) is 0 Å². The van der Waals surface area contributed by atoms with Crippen molar-refractivity contribution >= 4 is 136 Å². The van der Waals surface area contributed by atoms with Crippen LogP contribution >= 0.6 is 127 Å².